The van der Waals surface area contributed by atoms with Gasteiger partial charge in [-0.25, -0.2) is 4.79 Å². The van der Waals surface area contributed by atoms with E-state index in [1.54, 1.807) is 45.0 Å². The molecule has 2 atom stereocenters. The number of ether oxygens (including phenoxy) is 1. The van der Waals surface area contributed by atoms with E-state index >= 15 is 0 Å². The molecule has 0 fully saturated rings. The van der Waals surface area contributed by atoms with Crippen LogP contribution in [-0.2, 0) is 5.41 Å². The maximum absolute atomic E-state index is 12.7. The van der Waals surface area contributed by atoms with Crippen LogP contribution in [0.1, 0.15) is 99.7 Å². The smallest absolute Gasteiger partial charge is 0.336 e. The maximum atomic E-state index is 12.7. The van der Waals surface area contributed by atoms with Gasteiger partial charge in [-0.15, -0.1) is 5.75 Å². The second-order valence-corrected chi connectivity index (χ2v) is 23.6. The summed E-state index contributed by atoms with van der Waals surface area (Å²) in [5, 5.41) is 34.3. The Balaban J connectivity index is 0.000000123. The van der Waals surface area contributed by atoms with Gasteiger partial charge in [0.1, 0.15) is 11.5 Å². The van der Waals surface area contributed by atoms with E-state index in [0.717, 1.165) is 5.22 Å². The number of ketones is 1. The highest BCUT2D eigenvalue weighted by molar-refractivity contribution is 6.33. The minimum absolute atomic E-state index is 0.00815. The van der Waals surface area contributed by atoms with Crippen LogP contribution in [0, 0.1) is 22.7 Å². The van der Waals surface area contributed by atoms with Gasteiger partial charge in [-0.2, -0.15) is 0 Å². The molecule has 0 amide bonds. The highest BCUT2D eigenvalue weighted by atomic mass is 16.5. The van der Waals surface area contributed by atoms with Gasteiger partial charge in [0.25, 0.3) is 0 Å². The molecule has 8 aromatic rings. The van der Waals surface area contributed by atoms with Gasteiger partial charge in [-0.3, -0.25) is 4.79 Å². The molecule has 4 aliphatic carbocycles. The summed E-state index contributed by atoms with van der Waals surface area (Å²) in [6, 6.07) is 39.3. The van der Waals surface area contributed by atoms with E-state index in [4.69, 9.17) is 4.74 Å². The van der Waals surface area contributed by atoms with Crippen molar-refractivity contribution < 1.29 is 24.5 Å². The molecule has 5 heteroatoms. The Morgan fingerprint density at radius 1 is 0.587 bits per heavy atom. The summed E-state index contributed by atoms with van der Waals surface area (Å²) >= 11 is 0. The molecule has 2 unspecified atom stereocenters. The number of hydrogen-bond donors (Lipinski definition) is 1. The van der Waals surface area contributed by atoms with Crippen molar-refractivity contribution in [3.63, 3.8) is 0 Å². The molecular formula is C70H61O5-. The van der Waals surface area contributed by atoms with Crippen LogP contribution in [-0.4, -0.2) is 16.9 Å². The van der Waals surface area contributed by atoms with Gasteiger partial charge < -0.3 is 14.9 Å². The third-order valence-electron chi connectivity index (χ3n) is 15.3. The minimum Gasteiger partial charge on any atom is -0.872 e. The Labute approximate surface area is 439 Å². The monoisotopic (exact) mass is 981 g/mol. The number of carbonyl (C=O) groups excluding carboxylic acids is 1. The molecule has 0 aromatic heterocycles. The topological polar surface area (TPSA) is 86.7 Å². The lowest BCUT2D eigenvalue weighted by Crippen LogP contribution is -2.33. The summed E-state index contributed by atoms with van der Waals surface area (Å²) in [6.45, 7) is 23.2. The number of hydrogen-bond acceptors (Lipinski definition) is 4. The van der Waals surface area contributed by atoms with E-state index in [1.807, 2.05) is 12.1 Å². The number of carboxylic acids is 1. The van der Waals surface area contributed by atoms with Crippen molar-refractivity contribution >= 4 is 67.0 Å². The van der Waals surface area contributed by atoms with Crippen molar-refractivity contribution in [3.8, 4) is 17.2 Å². The van der Waals surface area contributed by atoms with Gasteiger partial charge >= 0.3 is 5.97 Å². The summed E-state index contributed by atoms with van der Waals surface area (Å²) in [7, 11) is 0. The molecule has 372 valence electrons. The lowest BCUT2D eigenvalue weighted by molar-refractivity contribution is -0.268. The van der Waals surface area contributed by atoms with Crippen LogP contribution in [0.2, 0.25) is 0 Å². The van der Waals surface area contributed by atoms with Crippen molar-refractivity contribution in [2.45, 2.75) is 67.7 Å². The number of aromatic carboxylic acids is 1. The summed E-state index contributed by atoms with van der Waals surface area (Å²) in [5.74, 6) is 0.403. The number of carboxylic acid groups (broad SMARTS) is 1. The summed E-state index contributed by atoms with van der Waals surface area (Å²) < 4.78 is 5.94. The van der Waals surface area contributed by atoms with E-state index in [-0.39, 0.29) is 27.9 Å². The first-order chi connectivity index (χ1) is 35.7. The van der Waals surface area contributed by atoms with Crippen LogP contribution in [0.5, 0.6) is 17.2 Å². The Morgan fingerprint density at radius 2 is 1.21 bits per heavy atom. The van der Waals surface area contributed by atoms with Gasteiger partial charge in [0.15, 0.2) is 5.78 Å². The number of benzene rings is 8. The Bertz CT molecular complexity index is 4050. The van der Waals surface area contributed by atoms with Crippen molar-refractivity contribution in [2.75, 3.05) is 0 Å². The molecule has 0 radical (unpaired) electrons. The Kier molecular flexibility index (Phi) is 11.7. The number of fused-ring (bicyclic) bond motifs is 4. The third-order valence-corrected chi connectivity index (χ3v) is 15.3. The molecule has 0 bridgehead atoms. The van der Waals surface area contributed by atoms with Gasteiger partial charge in [-0.05, 0) is 116 Å². The first-order valence-corrected chi connectivity index (χ1v) is 25.9. The van der Waals surface area contributed by atoms with Crippen molar-refractivity contribution in [1.82, 2.24) is 0 Å². The predicted octanol–water partition coefficient (Wildman–Crippen LogP) is 15.5. The Morgan fingerprint density at radius 3 is 1.88 bits per heavy atom. The SMILES string of the molecule is C=c1ccc2c(c1)Oc1cc([O-])ccc1C=2c1ccc(C(=O)C(C)(C)C)cc1C(=O)O.CC(C)(C)C1=CC2=CC=CC3=CC=C4C=CC=C1C4C32.CC(C)(C)c1ccc2c3cccc4cccc(c5cccc1c52)c43. The molecule has 75 heavy (non-hydrogen) atoms. The third kappa shape index (κ3) is 8.54. The largest absolute Gasteiger partial charge is 0.872 e. The minimum atomic E-state index is -1.14. The fourth-order valence-electron chi connectivity index (χ4n) is 11.9. The molecule has 0 saturated carbocycles. The van der Waals surface area contributed by atoms with Crippen molar-refractivity contribution in [3.05, 3.63) is 242 Å². The molecule has 1 aliphatic heterocycles. The van der Waals surface area contributed by atoms with E-state index in [0.29, 0.717) is 50.8 Å². The maximum Gasteiger partial charge on any atom is 0.336 e. The van der Waals surface area contributed by atoms with Crippen LogP contribution < -0.4 is 20.3 Å². The fraction of sp³-hybridized carbons (Fsp3) is 0.200. The van der Waals surface area contributed by atoms with Gasteiger partial charge in [-0.1, -0.05) is 227 Å². The second-order valence-electron chi connectivity index (χ2n) is 23.6. The molecule has 1 N–H and O–H groups in total. The number of allylic oxidation sites excluding steroid dienone is 14. The number of rotatable bonds is 3. The van der Waals surface area contributed by atoms with E-state index < -0.39 is 11.4 Å². The van der Waals surface area contributed by atoms with Gasteiger partial charge in [0.2, 0.25) is 0 Å². The fourth-order valence-corrected chi connectivity index (χ4v) is 11.9. The first kappa shape index (κ1) is 49.0. The van der Waals surface area contributed by atoms with E-state index in [9.17, 15) is 19.8 Å². The van der Waals surface area contributed by atoms with Crippen molar-refractivity contribution in [2.24, 2.45) is 22.7 Å². The normalized spacial score (nSPS) is 17.2. The van der Waals surface area contributed by atoms with E-state index in [1.165, 1.54) is 94.7 Å². The Hall–Kier alpha value is -8.28. The molecule has 13 rings (SSSR count). The van der Waals surface area contributed by atoms with Crippen molar-refractivity contribution in [1.29, 1.82) is 0 Å². The van der Waals surface area contributed by atoms with Gasteiger partial charge in [0, 0.05) is 39.2 Å². The molecule has 5 nitrogen and oxygen atoms in total. The summed E-state index contributed by atoms with van der Waals surface area (Å²) in [4.78, 5) is 24.9. The number of Topliss-reactive ketones (excluding diaryl/α,β-unsaturated/α-hetero) is 1. The van der Waals surface area contributed by atoms with Crippen LogP contribution >= 0.6 is 0 Å². The summed E-state index contributed by atoms with van der Waals surface area (Å²) in [5.41, 5.74) is 10.6. The quantitative estimate of drug-likeness (QED) is 0.108. The van der Waals surface area contributed by atoms with Crippen LogP contribution in [0.15, 0.2) is 204 Å². The van der Waals surface area contributed by atoms with Crippen LogP contribution in [0.25, 0.3) is 55.2 Å². The number of carbonyl (C=O) groups is 2. The molecule has 0 saturated heterocycles. The molecule has 1 heterocycles. The molecule has 0 spiro atoms. The average Bonchev–Trinajstić information content (AvgIpc) is 3.37. The zero-order chi connectivity index (χ0) is 52.9. The molecule has 8 aromatic carbocycles. The lowest BCUT2D eigenvalue weighted by atomic mass is 9.59. The highest BCUT2D eigenvalue weighted by Gasteiger charge is 2.41. The zero-order valence-electron chi connectivity index (χ0n) is 44.2. The van der Waals surface area contributed by atoms with E-state index in [2.05, 4.69) is 170 Å². The van der Waals surface area contributed by atoms with Crippen LogP contribution in [0.3, 0.4) is 0 Å². The zero-order valence-corrected chi connectivity index (χ0v) is 44.2. The highest BCUT2D eigenvalue weighted by Crippen LogP contribution is 2.54. The second kappa shape index (κ2) is 18.0. The van der Waals surface area contributed by atoms with Crippen LogP contribution in [0.4, 0.5) is 0 Å². The first-order valence-electron chi connectivity index (χ1n) is 25.9. The molecule has 5 aliphatic rings. The standard InChI is InChI=1S/C26H22O5.C24H20.C20H20/c1-14-5-8-18-21(11-14)31-22-13-16(27)7-10-19(22)23(18)17-9-6-15(12-20(17)25(29)30)24(28)26(2,3)4;1-24(2,3)21-14-13-19-17-10-5-8-15-7-4-9-16(22(15)17)18-11-6-12-20(21)23(18)19;1-20(2,3)17-12-15-8-4-6-13-10-11-14-7-5-9-16(17)19(14)18(13)15/h5-13,27H,1H2,2-4H3,(H,29,30);4-14H,1-3H3;4-12,18-19H,1-3H3/p-1. The average molecular weight is 982 g/mol. The van der Waals surface area contributed by atoms with Gasteiger partial charge in [0.05, 0.1) is 5.56 Å². The predicted molar refractivity (Wildman–Crippen MR) is 307 cm³/mol. The lowest BCUT2D eigenvalue weighted by Gasteiger charge is -2.44. The summed E-state index contributed by atoms with van der Waals surface area (Å²) in [6.07, 6.45) is 20.6. The molecular weight excluding hydrogens is 921 g/mol.